The number of aromatic nitrogens is 1. The molecule has 3 aromatic rings. The molecule has 0 bridgehead atoms. The fourth-order valence-corrected chi connectivity index (χ4v) is 3.00. The van der Waals surface area contributed by atoms with Crippen LogP contribution in [-0.2, 0) is 6.54 Å². The molecule has 0 fully saturated rings. The van der Waals surface area contributed by atoms with Crippen LogP contribution < -0.4 is 0 Å². The number of aromatic hydroxyl groups is 1. The Labute approximate surface area is 132 Å². The lowest BCUT2D eigenvalue weighted by atomic mass is 10.1. The molecule has 0 atom stereocenters. The van der Waals surface area contributed by atoms with Crippen molar-refractivity contribution in [2.45, 2.75) is 6.54 Å². The SMILES string of the molecule is C#CCn1c(C2=Nc3ccccc3C2=O)c(O)c2ccccc21. The molecule has 4 rings (SSSR count). The topological polar surface area (TPSA) is 54.6 Å². The summed E-state index contributed by atoms with van der Waals surface area (Å²) in [4.78, 5) is 17.1. The van der Waals surface area contributed by atoms with Crippen molar-refractivity contribution in [1.29, 1.82) is 0 Å². The lowest BCUT2D eigenvalue weighted by Gasteiger charge is -2.06. The van der Waals surface area contributed by atoms with Gasteiger partial charge in [-0.25, -0.2) is 4.99 Å². The molecule has 23 heavy (non-hydrogen) atoms. The average Bonchev–Trinajstić information content (AvgIpc) is 3.05. The van der Waals surface area contributed by atoms with E-state index in [1.165, 1.54) is 0 Å². The first-order chi connectivity index (χ1) is 11.2. The Morgan fingerprint density at radius 3 is 2.65 bits per heavy atom. The molecule has 0 saturated heterocycles. The first-order valence-electron chi connectivity index (χ1n) is 7.19. The van der Waals surface area contributed by atoms with E-state index in [1.54, 1.807) is 28.8 Å². The van der Waals surface area contributed by atoms with E-state index < -0.39 is 0 Å². The minimum Gasteiger partial charge on any atom is -0.505 e. The van der Waals surface area contributed by atoms with E-state index in [-0.39, 0.29) is 23.8 Å². The Hall–Kier alpha value is -3.32. The van der Waals surface area contributed by atoms with Gasteiger partial charge in [-0.2, -0.15) is 0 Å². The predicted octanol–water partition coefficient (Wildman–Crippen LogP) is 3.30. The number of aliphatic imine (C=N–C) groups is 1. The maximum atomic E-state index is 12.7. The number of carbonyl (C=O) groups excluding carboxylic acids is 1. The Morgan fingerprint density at radius 2 is 1.87 bits per heavy atom. The zero-order chi connectivity index (χ0) is 16.0. The van der Waals surface area contributed by atoms with Crippen LogP contribution in [0.1, 0.15) is 16.1 Å². The third kappa shape index (κ3) is 1.80. The highest BCUT2D eigenvalue weighted by molar-refractivity contribution is 6.55. The number of carbonyl (C=O) groups is 1. The second kappa shape index (κ2) is 4.85. The van der Waals surface area contributed by atoms with Crippen LogP contribution in [0.5, 0.6) is 5.75 Å². The highest BCUT2D eigenvalue weighted by Crippen LogP contribution is 2.37. The van der Waals surface area contributed by atoms with Crippen molar-refractivity contribution in [3.05, 3.63) is 59.8 Å². The van der Waals surface area contributed by atoms with Crippen molar-refractivity contribution >= 4 is 28.1 Å². The van der Waals surface area contributed by atoms with Gasteiger partial charge in [-0.1, -0.05) is 30.2 Å². The summed E-state index contributed by atoms with van der Waals surface area (Å²) in [5.41, 5.74) is 2.55. The van der Waals surface area contributed by atoms with E-state index in [9.17, 15) is 9.90 Å². The van der Waals surface area contributed by atoms with Crippen LogP contribution in [0.3, 0.4) is 0 Å². The van der Waals surface area contributed by atoms with Gasteiger partial charge in [0.25, 0.3) is 0 Å². The largest absolute Gasteiger partial charge is 0.505 e. The van der Waals surface area contributed by atoms with E-state index >= 15 is 0 Å². The molecule has 4 heteroatoms. The zero-order valence-corrected chi connectivity index (χ0v) is 12.2. The molecule has 2 heterocycles. The minimum absolute atomic E-state index is 0.0377. The summed E-state index contributed by atoms with van der Waals surface area (Å²) in [7, 11) is 0. The second-order valence-electron chi connectivity index (χ2n) is 5.31. The van der Waals surface area contributed by atoms with Crippen molar-refractivity contribution in [3.8, 4) is 18.1 Å². The maximum absolute atomic E-state index is 12.7. The van der Waals surface area contributed by atoms with Gasteiger partial charge in [0.15, 0.2) is 5.75 Å². The molecular weight excluding hydrogens is 288 g/mol. The number of para-hydroxylation sites is 2. The van der Waals surface area contributed by atoms with Gasteiger partial charge in [0.05, 0.1) is 17.7 Å². The van der Waals surface area contributed by atoms with Crippen molar-refractivity contribution < 1.29 is 9.90 Å². The summed E-state index contributed by atoms with van der Waals surface area (Å²) in [5.74, 6) is 2.42. The Kier molecular flexibility index (Phi) is 2.82. The van der Waals surface area contributed by atoms with Crippen molar-refractivity contribution in [3.63, 3.8) is 0 Å². The number of terminal acetylenes is 1. The predicted molar refractivity (Wildman–Crippen MR) is 89.4 cm³/mol. The molecule has 0 aliphatic carbocycles. The normalized spacial score (nSPS) is 13.0. The fourth-order valence-electron chi connectivity index (χ4n) is 3.00. The molecule has 4 nitrogen and oxygen atoms in total. The third-order valence-electron chi connectivity index (χ3n) is 4.01. The molecule has 1 N–H and O–H groups in total. The number of rotatable bonds is 2. The summed E-state index contributed by atoms with van der Waals surface area (Å²) >= 11 is 0. The number of benzene rings is 2. The molecule has 0 amide bonds. The average molecular weight is 300 g/mol. The van der Waals surface area contributed by atoms with Gasteiger partial charge < -0.3 is 9.67 Å². The van der Waals surface area contributed by atoms with Gasteiger partial charge in [-0.3, -0.25) is 4.79 Å². The lowest BCUT2D eigenvalue weighted by molar-refractivity contribution is 0.106. The monoisotopic (exact) mass is 300 g/mol. The van der Waals surface area contributed by atoms with Crippen molar-refractivity contribution in [1.82, 2.24) is 4.57 Å². The molecule has 1 aliphatic rings. The van der Waals surface area contributed by atoms with Gasteiger partial charge in [0, 0.05) is 10.9 Å². The molecular formula is C19H12N2O2. The van der Waals surface area contributed by atoms with Crippen LogP contribution in [-0.4, -0.2) is 21.2 Å². The Morgan fingerprint density at radius 1 is 1.13 bits per heavy atom. The number of Topliss-reactive ketones (excluding diaryl/α,β-unsaturated/α-hetero) is 1. The molecule has 0 spiro atoms. The quantitative estimate of drug-likeness (QED) is 0.738. The molecule has 0 radical (unpaired) electrons. The van der Waals surface area contributed by atoms with Gasteiger partial charge in [0.2, 0.25) is 5.78 Å². The summed E-state index contributed by atoms with van der Waals surface area (Å²) in [5, 5.41) is 11.3. The molecule has 2 aromatic carbocycles. The first-order valence-corrected chi connectivity index (χ1v) is 7.19. The van der Waals surface area contributed by atoms with Crippen LogP contribution in [0, 0.1) is 12.3 Å². The van der Waals surface area contributed by atoms with Gasteiger partial charge in [0.1, 0.15) is 11.4 Å². The summed E-state index contributed by atoms with van der Waals surface area (Å²) in [6.45, 7) is 0.249. The minimum atomic E-state index is -0.197. The third-order valence-corrected chi connectivity index (χ3v) is 4.01. The van der Waals surface area contributed by atoms with Crippen LogP contribution in [0.25, 0.3) is 10.9 Å². The van der Waals surface area contributed by atoms with Crippen molar-refractivity contribution in [2.24, 2.45) is 4.99 Å². The fraction of sp³-hybridized carbons (Fsp3) is 0.0526. The summed E-state index contributed by atoms with van der Waals surface area (Å²) in [6, 6.07) is 14.5. The van der Waals surface area contributed by atoms with Crippen LogP contribution in [0.4, 0.5) is 5.69 Å². The van der Waals surface area contributed by atoms with E-state index in [0.29, 0.717) is 22.3 Å². The van der Waals surface area contributed by atoms with E-state index in [2.05, 4.69) is 10.9 Å². The number of fused-ring (bicyclic) bond motifs is 2. The molecule has 1 aromatic heterocycles. The van der Waals surface area contributed by atoms with Crippen LogP contribution in [0.2, 0.25) is 0 Å². The van der Waals surface area contributed by atoms with Crippen molar-refractivity contribution in [2.75, 3.05) is 0 Å². The number of nitrogens with zero attached hydrogens (tertiary/aromatic N) is 2. The van der Waals surface area contributed by atoms with Crippen LogP contribution in [0.15, 0.2) is 53.5 Å². The van der Waals surface area contributed by atoms with Gasteiger partial charge in [-0.15, -0.1) is 6.42 Å². The smallest absolute Gasteiger partial charge is 0.215 e. The van der Waals surface area contributed by atoms with Gasteiger partial charge in [-0.05, 0) is 24.3 Å². The Balaban J connectivity index is 2.01. The van der Waals surface area contributed by atoms with Crippen LogP contribution >= 0.6 is 0 Å². The number of hydrogen-bond donors (Lipinski definition) is 1. The maximum Gasteiger partial charge on any atom is 0.215 e. The summed E-state index contributed by atoms with van der Waals surface area (Å²) < 4.78 is 1.76. The van der Waals surface area contributed by atoms with E-state index in [4.69, 9.17) is 6.42 Å². The van der Waals surface area contributed by atoms with E-state index in [0.717, 1.165) is 5.52 Å². The van der Waals surface area contributed by atoms with E-state index in [1.807, 2.05) is 24.3 Å². The number of hydrogen-bond acceptors (Lipinski definition) is 3. The standard InChI is InChI=1S/C19H12N2O2/c1-2-11-21-15-10-6-4-8-13(15)19(23)17(21)16-18(22)12-7-3-5-9-14(12)20-16/h1,3-10,23H,11H2. The number of ketones is 1. The molecule has 0 unspecified atom stereocenters. The first kappa shape index (κ1) is 13.4. The summed E-state index contributed by atoms with van der Waals surface area (Å²) in [6.07, 6.45) is 5.47. The highest BCUT2D eigenvalue weighted by Gasteiger charge is 2.31. The molecule has 1 aliphatic heterocycles. The molecule has 0 saturated carbocycles. The lowest BCUT2D eigenvalue weighted by Crippen LogP contribution is -2.16. The second-order valence-corrected chi connectivity index (χ2v) is 5.31. The Bertz CT molecular complexity index is 1040. The zero-order valence-electron chi connectivity index (χ0n) is 12.2. The highest BCUT2D eigenvalue weighted by atomic mass is 16.3. The van der Waals surface area contributed by atoms with Gasteiger partial charge >= 0.3 is 0 Å². The molecule has 110 valence electrons.